The van der Waals surface area contributed by atoms with Gasteiger partial charge in [-0.1, -0.05) is 88.3 Å². The molecular weight excluding hydrogens is 432 g/mol. The van der Waals surface area contributed by atoms with Crippen LogP contribution in [0.2, 0.25) is 0 Å². The van der Waals surface area contributed by atoms with E-state index in [-0.39, 0.29) is 10.9 Å². The molecule has 0 fully saturated rings. The molecule has 0 radical (unpaired) electrons. The van der Waals surface area contributed by atoms with Crippen molar-refractivity contribution in [3.8, 4) is 0 Å². The predicted octanol–water partition coefficient (Wildman–Crippen LogP) is 9.04. The topological polar surface area (TPSA) is 17.1 Å². The summed E-state index contributed by atoms with van der Waals surface area (Å²) in [5.41, 5.74) is 3.70. The lowest BCUT2D eigenvalue weighted by molar-refractivity contribution is -0.118. The second kappa shape index (κ2) is 14.2. The molecule has 0 unspecified atom stereocenters. The maximum atomic E-state index is 12.8. The fourth-order valence-electron chi connectivity index (χ4n) is 4.61. The second-order valence-electron chi connectivity index (χ2n) is 9.41. The van der Waals surface area contributed by atoms with Crippen molar-refractivity contribution in [1.82, 2.24) is 0 Å². The van der Waals surface area contributed by atoms with E-state index in [1.54, 1.807) is 0 Å². The first-order chi connectivity index (χ1) is 16.6. The molecule has 3 rings (SSSR count). The van der Waals surface area contributed by atoms with Crippen molar-refractivity contribution in [2.75, 3.05) is 0 Å². The van der Waals surface area contributed by atoms with E-state index < -0.39 is 0 Å². The van der Waals surface area contributed by atoms with Crippen LogP contribution < -0.4 is 0 Å². The molecule has 0 atom stereocenters. The molecular formula is C32H41OS+. The Morgan fingerprint density at radius 2 is 1.12 bits per heavy atom. The zero-order chi connectivity index (χ0) is 24.2. The molecule has 1 nitrogen and oxygen atoms in total. The summed E-state index contributed by atoms with van der Waals surface area (Å²) in [6.45, 7) is 6.60. The molecule has 3 aromatic carbocycles. The van der Waals surface area contributed by atoms with Gasteiger partial charge in [-0.2, -0.15) is 0 Å². The van der Waals surface area contributed by atoms with Crippen LogP contribution >= 0.6 is 0 Å². The van der Waals surface area contributed by atoms with Gasteiger partial charge >= 0.3 is 0 Å². The number of unbranched alkanes of at least 4 members (excludes halogenated alkanes) is 7. The largest absolute Gasteiger partial charge is 0.299 e. The van der Waals surface area contributed by atoms with Crippen molar-refractivity contribution < 1.29 is 4.79 Å². The molecule has 0 heterocycles. The maximum Gasteiger partial charge on any atom is 0.167 e. The number of rotatable bonds is 14. The van der Waals surface area contributed by atoms with Crippen molar-refractivity contribution in [3.63, 3.8) is 0 Å². The van der Waals surface area contributed by atoms with Gasteiger partial charge in [0.1, 0.15) is 5.78 Å². The first kappa shape index (κ1) is 26.3. The second-order valence-corrected chi connectivity index (χ2v) is 11.4. The Labute approximate surface area is 210 Å². The van der Waals surface area contributed by atoms with Crippen LogP contribution in [0.3, 0.4) is 0 Å². The normalized spacial score (nSPS) is 11.2. The maximum absolute atomic E-state index is 12.8. The minimum atomic E-state index is -0.152. The molecule has 0 saturated heterocycles. The van der Waals surface area contributed by atoms with E-state index in [4.69, 9.17) is 0 Å². The van der Waals surface area contributed by atoms with Gasteiger partial charge in [0.2, 0.25) is 0 Å². The number of benzene rings is 3. The Hall–Kier alpha value is -2.32. The van der Waals surface area contributed by atoms with Crippen molar-refractivity contribution in [2.24, 2.45) is 0 Å². The van der Waals surface area contributed by atoms with Crippen LogP contribution in [-0.2, 0) is 22.1 Å². The summed E-state index contributed by atoms with van der Waals surface area (Å²) in [5.74, 6) is 0.384. The van der Waals surface area contributed by atoms with E-state index in [0.29, 0.717) is 18.6 Å². The number of aryl methyl sites for hydroxylation is 2. The zero-order valence-electron chi connectivity index (χ0n) is 21.3. The molecule has 3 aromatic rings. The van der Waals surface area contributed by atoms with E-state index in [2.05, 4.69) is 93.6 Å². The van der Waals surface area contributed by atoms with Gasteiger partial charge in [-0.3, -0.25) is 4.79 Å². The Morgan fingerprint density at radius 1 is 0.647 bits per heavy atom. The molecule has 0 aliphatic rings. The molecule has 0 spiro atoms. The van der Waals surface area contributed by atoms with Crippen molar-refractivity contribution in [2.45, 2.75) is 99.7 Å². The molecule has 0 saturated carbocycles. The van der Waals surface area contributed by atoms with Crippen molar-refractivity contribution >= 4 is 16.7 Å². The van der Waals surface area contributed by atoms with Gasteiger partial charge in [0.25, 0.3) is 0 Å². The smallest absolute Gasteiger partial charge is 0.167 e. The molecule has 0 bridgehead atoms. The van der Waals surface area contributed by atoms with Gasteiger partial charge in [-0.15, -0.1) is 0 Å². The molecule has 34 heavy (non-hydrogen) atoms. The minimum Gasteiger partial charge on any atom is -0.299 e. The third-order valence-corrected chi connectivity index (χ3v) is 8.74. The zero-order valence-corrected chi connectivity index (χ0v) is 22.1. The van der Waals surface area contributed by atoms with Crippen LogP contribution in [0.1, 0.15) is 81.4 Å². The fourth-order valence-corrected chi connectivity index (χ4v) is 6.88. The number of ketones is 1. The van der Waals surface area contributed by atoms with E-state index in [1.165, 1.54) is 76.3 Å². The van der Waals surface area contributed by atoms with Crippen molar-refractivity contribution in [3.05, 3.63) is 89.5 Å². The van der Waals surface area contributed by atoms with Gasteiger partial charge in [0, 0.05) is 12.8 Å². The number of carbonyl (C=O) groups excluding carboxylic acids is 1. The van der Waals surface area contributed by atoms with Gasteiger partial charge in [0.05, 0.1) is 10.9 Å². The van der Waals surface area contributed by atoms with Gasteiger partial charge < -0.3 is 0 Å². The summed E-state index contributed by atoms with van der Waals surface area (Å²) in [4.78, 5) is 16.7. The molecule has 2 heteroatoms. The van der Waals surface area contributed by atoms with Crippen LogP contribution in [-0.4, -0.2) is 5.78 Å². The predicted molar refractivity (Wildman–Crippen MR) is 147 cm³/mol. The van der Waals surface area contributed by atoms with Crippen LogP contribution in [0.4, 0.5) is 0 Å². The Morgan fingerprint density at radius 3 is 1.62 bits per heavy atom. The Kier molecular flexibility index (Phi) is 11.0. The minimum absolute atomic E-state index is 0.152. The van der Waals surface area contributed by atoms with Gasteiger partial charge in [-0.25, -0.2) is 0 Å². The highest BCUT2D eigenvalue weighted by molar-refractivity contribution is 7.97. The first-order valence-electron chi connectivity index (χ1n) is 13.1. The quantitative estimate of drug-likeness (QED) is 0.169. The van der Waals surface area contributed by atoms with E-state index >= 15 is 0 Å². The lowest BCUT2D eigenvalue weighted by Crippen LogP contribution is -2.09. The lowest BCUT2D eigenvalue weighted by Gasteiger charge is -2.14. The summed E-state index contributed by atoms with van der Waals surface area (Å²) < 4.78 is 0. The molecule has 180 valence electrons. The molecule has 0 aromatic heterocycles. The van der Waals surface area contributed by atoms with Crippen molar-refractivity contribution in [1.29, 1.82) is 0 Å². The number of carbonyl (C=O) groups is 1. The van der Waals surface area contributed by atoms with Crippen LogP contribution in [0, 0.1) is 13.8 Å². The molecule has 0 aliphatic heterocycles. The number of Topliss-reactive ketones (excluding diaryl/α,β-unsaturated/α-hetero) is 1. The highest BCUT2D eigenvalue weighted by Crippen LogP contribution is 2.33. The van der Waals surface area contributed by atoms with Gasteiger partial charge in [-0.05, 0) is 73.4 Å². The average Bonchev–Trinajstić information content (AvgIpc) is 2.85. The van der Waals surface area contributed by atoms with Crippen LogP contribution in [0.15, 0.2) is 87.5 Å². The van der Waals surface area contributed by atoms with Crippen LogP contribution in [0.25, 0.3) is 0 Å². The fraction of sp³-hybridized carbons (Fsp3) is 0.406. The lowest BCUT2D eigenvalue weighted by atomic mass is 9.96. The van der Waals surface area contributed by atoms with Crippen LogP contribution in [0.5, 0.6) is 0 Å². The number of hydrogen-bond acceptors (Lipinski definition) is 1. The average molecular weight is 474 g/mol. The Bertz CT molecular complexity index is 947. The third kappa shape index (κ3) is 7.87. The Balaban J connectivity index is 1.65. The molecule has 0 amide bonds. The molecule has 0 aliphatic carbocycles. The SMILES string of the molecule is CCCCCCCCCCC(=O)Cc1c(C)cc([S+](c2ccccc2)c2ccccc2)cc1C. The summed E-state index contributed by atoms with van der Waals surface area (Å²) in [6, 6.07) is 26.2. The monoisotopic (exact) mass is 473 g/mol. The van der Waals surface area contributed by atoms with E-state index in [0.717, 1.165) is 6.42 Å². The summed E-state index contributed by atoms with van der Waals surface area (Å²) in [6.07, 6.45) is 11.5. The van der Waals surface area contributed by atoms with Gasteiger partial charge in [0.15, 0.2) is 14.7 Å². The number of hydrogen-bond donors (Lipinski definition) is 0. The summed E-state index contributed by atoms with van der Waals surface area (Å²) in [7, 11) is -0.152. The van der Waals surface area contributed by atoms with E-state index in [1.807, 2.05) is 0 Å². The highest BCUT2D eigenvalue weighted by atomic mass is 32.2. The third-order valence-electron chi connectivity index (χ3n) is 6.55. The highest BCUT2D eigenvalue weighted by Gasteiger charge is 2.29. The molecule has 0 N–H and O–H groups in total. The first-order valence-corrected chi connectivity index (χ1v) is 14.3. The van der Waals surface area contributed by atoms with E-state index in [9.17, 15) is 4.79 Å². The summed E-state index contributed by atoms with van der Waals surface area (Å²) >= 11 is 0. The standard InChI is InChI=1S/C32H41OS/c1-4-5-6-7-8-9-10-13-18-28(33)25-32-26(2)23-31(24-27(32)3)34(29-19-14-11-15-20-29)30-21-16-12-17-22-30/h11-12,14-17,19-24H,4-10,13,18,25H2,1-3H3/q+1. The summed E-state index contributed by atoms with van der Waals surface area (Å²) in [5, 5.41) is 0.